The van der Waals surface area contributed by atoms with Crippen LogP contribution < -0.4 is 9.46 Å². The van der Waals surface area contributed by atoms with Gasteiger partial charge in [-0.1, -0.05) is 42.5 Å². The van der Waals surface area contributed by atoms with E-state index in [4.69, 9.17) is 4.74 Å². The first-order valence-corrected chi connectivity index (χ1v) is 10.5. The third-order valence-electron chi connectivity index (χ3n) is 4.61. The number of para-hydroxylation sites is 1. The van der Waals surface area contributed by atoms with Crippen LogP contribution in [0.2, 0.25) is 0 Å². The van der Waals surface area contributed by atoms with Gasteiger partial charge < -0.3 is 4.74 Å². The van der Waals surface area contributed by atoms with Crippen molar-refractivity contribution in [3.8, 4) is 5.75 Å². The monoisotopic (exact) mass is 407 g/mol. The number of hydrogen-bond donors (Lipinski definition) is 1. The lowest BCUT2D eigenvalue weighted by atomic mass is 9.84. The van der Waals surface area contributed by atoms with E-state index in [1.165, 1.54) is 18.2 Å². The molecule has 4 rings (SSSR count). The largest absolute Gasteiger partial charge is 0.492 e. The molecule has 0 heterocycles. The van der Waals surface area contributed by atoms with Crippen LogP contribution in [0.3, 0.4) is 0 Å². The van der Waals surface area contributed by atoms with E-state index in [9.17, 15) is 18.0 Å². The van der Waals surface area contributed by atoms with Crippen molar-refractivity contribution in [2.75, 3.05) is 13.2 Å². The molecular formula is C22H17NO5S. The smallest absolute Gasteiger partial charge is 0.240 e. The molecule has 3 aromatic rings. The molecule has 0 unspecified atom stereocenters. The SMILES string of the molecule is O=C1c2ccccc2C(=O)c2cc(S(=O)(=O)NCCOc3ccccc3)ccc21. The lowest BCUT2D eigenvalue weighted by Crippen LogP contribution is -2.29. The van der Waals surface area contributed by atoms with Crippen molar-refractivity contribution in [2.45, 2.75) is 4.90 Å². The molecule has 0 spiro atoms. The summed E-state index contributed by atoms with van der Waals surface area (Å²) in [5.41, 5.74) is 0.915. The van der Waals surface area contributed by atoms with Gasteiger partial charge >= 0.3 is 0 Å². The van der Waals surface area contributed by atoms with Gasteiger partial charge in [-0.25, -0.2) is 13.1 Å². The minimum atomic E-state index is -3.86. The van der Waals surface area contributed by atoms with Gasteiger partial charge in [0.1, 0.15) is 12.4 Å². The maximum atomic E-state index is 12.8. The van der Waals surface area contributed by atoms with Gasteiger partial charge in [-0.3, -0.25) is 9.59 Å². The number of benzene rings is 3. The molecule has 0 saturated carbocycles. The first-order valence-electron chi connectivity index (χ1n) is 8.97. The van der Waals surface area contributed by atoms with E-state index in [2.05, 4.69) is 4.72 Å². The predicted octanol–water partition coefficient (Wildman–Crippen LogP) is 2.82. The molecule has 0 atom stereocenters. The number of hydrogen-bond acceptors (Lipinski definition) is 5. The Morgan fingerprint density at radius 3 is 2.00 bits per heavy atom. The van der Waals surface area contributed by atoms with Gasteiger partial charge in [-0.15, -0.1) is 0 Å². The highest BCUT2D eigenvalue weighted by molar-refractivity contribution is 7.89. The van der Waals surface area contributed by atoms with Crippen molar-refractivity contribution < 1.29 is 22.7 Å². The van der Waals surface area contributed by atoms with Crippen LogP contribution in [-0.4, -0.2) is 33.1 Å². The molecule has 0 fully saturated rings. The Labute approximate surface area is 168 Å². The Hall–Kier alpha value is -3.29. The summed E-state index contributed by atoms with van der Waals surface area (Å²) in [5, 5.41) is 0. The van der Waals surface area contributed by atoms with E-state index in [1.54, 1.807) is 36.4 Å². The number of sulfonamides is 1. The molecular weight excluding hydrogens is 390 g/mol. The third kappa shape index (κ3) is 3.70. The Balaban J connectivity index is 1.52. The van der Waals surface area contributed by atoms with Crippen molar-refractivity contribution in [2.24, 2.45) is 0 Å². The van der Waals surface area contributed by atoms with Gasteiger partial charge in [0.25, 0.3) is 0 Å². The van der Waals surface area contributed by atoms with Crippen LogP contribution in [0.5, 0.6) is 5.75 Å². The number of rotatable bonds is 6. The Morgan fingerprint density at radius 1 is 0.724 bits per heavy atom. The molecule has 0 amide bonds. The second-order valence-electron chi connectivity index (χ2n) is 6.47. The van der Waals surface area contributed by atoms with Crippen LogP contribution in [0.15, 0.2) is 77.7 Å². The minimum absolute atomic E-state index is 0.0595. The number of nitrogens with one attached hydrogen (secondary N) is 1. The maximum Gasteiger partial charge on any atom is 0.240 e. The van der Waals surface area contributed by atoms with Gasteiger partial charge in [0.15, 0.2) is 11.6 Å². The molecule has 0 aromatic heterocycles. The summed E-state index contributed by atoms with van der Waals surface area (Å²) in [6.45, 7) is 0.211. The first kappa shape index (κ1) is 19.0. The lowest BCUT2D eigenvalue weighted by molar-refractivity contribution is 0.0979. The summed E-state index contributed by atoms with van der Waals surface area (Å²) in [6.07, 6.45) is 0. The van der Waals surface area contributed by atoms with Crippen molar-refractivity contribution in [3.05, 3.63) is 95.1 Å². The Bertz CT molecular complexity index is 1200. The molecule has 0 bridgehead atoms. The van der Waals surface area contributed by atoms with E-state index >= 15 is 0 Å². The third-order valence-corrected chi connectivity index (χ3v) is 6.07. The van der Waals surface area contributed by atoms with Crippen LogP contribution in [0, 0.1) is 0 Å². The van der Waals surface area contributed by atoms with Crippen LogP contribution >= 0.6 is 0 Å². The Morgan fingerprint density at radius 2 is 1.31 bits per heavy atom. The van der Waals surface area contributed by atoms with Crippen molar-refractivity contribution in [1.82, 2.24) is 4.72 Å². The fourth-order valence-corrected chi connectivity index (χ4v) is 4.23. The van der Waals surface area contributed by atoms with Gasteiger partial charge in [0.2, 0.25) is 10.0 Å². The molecule has 0 radical (unpaired) electrons. The molecule has 3 aromatic carbocycles. The zero-order valence-corrected chi connectivity index (χ0v) is 16.1. The zero-order valence-electron chi connectivity index (χ0n) is 15.3. The molecule has 0 aliphatic heterocycles. The lowest BCUT2D eigenvalue weighted by Gasteiger charge is -2.18. The maximum absolute atomic E-state index is 12.8. The van der Waals surface area contributed by atoms with Gasteiger partial charge in [-0.2, -0.15) is 0 Å². The second-order valence-corrected chi connectivity index (χ2v) is 8.24. The Kier molecular flexibility index (Phi) is 5.00. The fourth-order valence-electron chi connectivity index (χ4n) is 3.19. The van der Waals surface area contributed by atoms with Crippen LogP contribution in [0.25, 0.3) is 0 Å². The van der Waals surface area contributed by atoms with Crippen LogP contribution in [0.1, 0.15) is 31.8 Å². The molecule has 0 saturated heterocycles. The highest BCUT2D eigenvalue weighted by atomic mass is 32.2. The highest BCUT2D eigenvalue weighted by Crippen LogP contribution is 2.28. The van der Waals surface area contributed by atoms with E-state index in [0.717, 1.165) is 0 Å². The van der Waals surface area contributed by atoms with E-state index in [0.29, 0.717) is 11.3 Å². The van der Waals surface area contributed by atoms with Crippen molar-refractivity contribution in [3.63, 3.8) is 0 Å². The quantitative estimate of drug-likeness (QED) is 0.497. The first-order chi connectivity index (χ1) is 14.0. The predicted molar refractivity (Wildman–Crippen MR) is 107 cm³/mol. The fraction of sp³-hybridized carbons (Fsp3) is 0.0909. The summed E-state index contributed by atoms with van der Waals surface area (Å²) in [5.74, 6) is -0.00807. The van der Waals surface area contributed by atoms with E-state index < -0.39 is 10.0 Å². The standard InChI is InChI=1S/C22H17NO5S/c24-21-17-8-4-5-9-18(17)22(25)20-14-16(10-11-19(20)21)29(26,27)23-12-13-28-15-6-2-1-3-7-15/h1-11,14,23H,12-13H2. The molecule has 29 heavy (non-hydrogen) atoms. The summed E-state index contributed by atoms with van der Waals surface area (Å²) in [6, 6.07) is 19.6. The average Bonchev–Trinajstić information content (AvgIpc) is 2.75. The molecule has 7 heteroatoms. The number of fused-ring (bicyclic) bond motifs is 2. The van der Waals surface area contributed by atoms with Gasteiger partial charge in [0, 0.05) is 28.8 Å². The summed E-state index contributed by atoms with van der Waals surface area (Å²) in [4.78, 5) is 25.3. The van der Waals surface area contributed by atoms with Crippen molar-refractivity contribution in [1.29, 1.82) is 0 Å². The average molecular weight is 407 g/mol. The number of ketones is 2. The van der Waals surface area contributed by atoms with Crippen LogP contribution in [-0.2, 0) is 10.0 Å². The van der Waals surface area contributed by atoms with Gasteiger partial charge in [-0.05, 0) is 30.3 Å². The summed E-state index contributed by atoms with van der Waals surface area (Å²) >= 11 is 0. The molecule has 146 valence electrons. The number of ether oxygens (including phenoxy) is 1. The minimum Gasteiger partial charge on any atom is -0.492 e. The molecule has 1 aliphatic rings. The van der Waals surface area contributed by atoms with E-state index in [-0.39, 0.29) is 46.3 Å². The van der Waals surface area contributed by atoms with Gasteiger partial charge in [0.05, 0.1) is 4.90 Å². The zero-order chi connectivity index (χ0) is 20.4. The molecule has 6 nitrogen and oxygen atoms in total. The summed E-state index contributed by atoms with van der Waals surface area (Å²) in [7, 11) is -3.86. The normalized spacial score (nSPS) is 13.0. The number of carbonyl (C=O) groups is 2. The molecule has 1 aliphatic carbocycles. The van der Waals surface area contributed by atoms with Crippen LogP contribution in [0.4, 0.5) is 0 Å². The highest BCUT2D eigenvalue weighted by Gasteiger charge is 2.30. The van der Waals surface area contributed by atoms with Crippen molar-refractivity contribution >= 4 is 21.6 Å². The topological polar surface area (TPSA) is 89.5 Å². The van der Waals surface area contributed by atoms with E-state index in [1.807, 2.05) is 18.2 Å². The molecule has 1 N–H and O–H groups in total. The summed E-state index contributed by atoms with van der Waals surface area (Å²) < 4.78 is 33.1. The second kappa shape index (κ2) is 7.62. The number of carbonyl (C=O) groups excluding carboxylic acids is 2.